The molecule has 0 radical (unpaired) electrons. The molecule has 10 aromatic rings. The number of fused-ring (bicyclic) bond motifs is 3. The van der Waals surface area contributed by atoms with Crippen molar-refractivity contribution in [1.82, 2.24) is 4.57 Å². The molecule has 0 amide bonds. The fraction of sp³-hybridized carbons (Fsp3) is 0. The third kappa shape index (κ3) is 5.95. The van der Waals surface area contributed by atoms with Crippen LogP contribution in [0.25, 0.3) is 72.0 Å². The third-order valence-corrected chi connectivity index (χ3v) is 10.8. The van der Waals surface area contributed by atoms with E-state index >= 15 is 0 Å². The van der Waals surface area contributed by atoms with Crippen molar-refractivity contribution in [3.63, 3.8) is 0 Å². The first-order valence-electron chi connectivity index (χ1n) is 19.2. The normalized spacial score (nSPS) is 11.2. The van der Waals surface area contributed by atoms with Gasteiger partial charge in [0.25, 0.3) is 0 Å². The summed E-state index contributed by atoms with van der Waals surface area (Å²) in [5.74, 6) is 0. The third-order valence-electron chi connectivity index (χ3n) is 10.8. The number of rotatable bonds is 8. The number of hydrogen-bond acceptors (Lipinski definition) is 1. The summed E-state index contributed by atoms with van der Waals surface area (Å²) in [6.07, 6.45) is 0. The van der Waals surface area contributed by atoms with Crippen molar-refractivity contribution in [3.05, 3.63) is 231 Å². The first kappa shape index (κ1) is 33.2. The topological polar surface area (TPSA) is 8.17 Å². The fourth-order valence-electron chi connectivity index (χ4n) is 8.21. The van der Waals surface area contributed by atoms with Crippen LogP contribution in [0.2, 0.25) is 0 Å². The van der Waals surface area contributed by atoms with E-state index in [2.05, 4.69) is 240 Å². The van der Waals surface area contributed by atoms with Crippen LogP contribution in [-0.2, 0) is 0 Å². The van der Waals surface area contributed by atoms with Gasteiger partial charge >= 0.3 is 0 Å². The number of nitrogens with zero attached hydrogens (tertiary/aromatic N) is 2. The molecule has 0 aliphatic carbocycles. The summed E-state index contributed by atoms with van der Waals surface area (Å²) < 4.78 is 2.40. The van der Waals surface area contributed by atoms with Crippen LogP contribution in [0.3, 0.4) is 0 Å². The highest BCUT2D eigenvalue weighted by Gasteiger charge is 2.26. The lowest BCUT2D eigenvalue weighted by molar-refractivity contribution is 1.18. The van der Waals surface area contributed by atoms with E-state index in [1.54, 1.807) is 0 Å². The molecular weight excluding hydrogens is 677 g/mol. The van der Waals surface area contributed by atoms with Crippen LogP contribution < -0.4 is 4.90 Å². The molecule has 0 N–H and O–H groups in total. The average molecular weight is 715 g/mol. The first-order chi connectivity index (χ1) is 27.8. The first-order valence-corrected chi connectivity index (χ1v) is 19.2. The lowest BCUT2D eigenvalue weighted by Gasteiger charge is -2.31. The second-order valence-corrected chi connectivity index (χ2v) is 14.1. The zero-order valence-electron chi connectivity index (χ0n) is 30.8. The Kier molecular flexibility index (Phi) is 8.55. The Bertz CT molecular complexity index is 2910. The molecule has 10 rings (SSSR count). The smallest absolute Gasteiger partial charge is 0.0618 e. The number of aromatic nitrogens is 1. The maximum Gasteiger partial charge on any atom is 0.0618 e. The van der Waals surface area contributed by atoms with Crippen molar-refractivity contribution in [3.8, 4) is 50.2 Å². The predicted molar refractivity (Wildman–Crippen MR) is 237 cm³/mol. The van der Waals surface area contributed by atoms with Crippen LogP contribution >= 0.6 is 0 Å². The minimum atomic E-state index is 1.08. The van der Waals surface area contributed by atoms with E-state index in [1.807, 2.05) is 0 Å². The van der Waals surface area contributed by atoms with E-state index in [-0.39, 0.29) is 0 Å². The zero-order chi connectivity index (χ0) is 37.3. The molecular formula is C54H38N2. The Morgan fingerprint density at radius 3 is 1.34 bits per heavy atom. The second-order valence-electron chi connectivity index (χ2n) is 14.1. The summed E-state index contributed by atoms with van der Waals surface area (Å²) in [6, 6.07) is 83.1. The van der Waals surface area contributed by atoms with Gasteiger partial charge in [-0.3, -0.25) is 0 Å². The lowest BCUT2D eigenvalue weighted by Crippen LogP contribution is -2.13. The summed E-state index contributed by atoms with van der Waals surface area (Å²) in [5.41, 5.74) is 16.2. The van der Waals surface area contributed by atoms with E-state index in [9.17, 15) is 0 Å². The molecule has 1 aromatic heterocycles. The Hall–Kier alpha value is -7.42. The molecule has 0 aliphatic heterocycles. The van der Waals surface area contributed by atoms with Crippen LogP contribution in [0.1, 0.15) is 0 Å². The molecule has 2 heteroatoms. The van der Waals surface area contributed by atoms with Crippen molar-refractivity contribution in [1.29, 1.82) is 0 Å². The van der Waals surface area contributed by atoms with Gasteiger partial charge in [0.1, 0.15) is 0 Å². The van der Waals surface area contributed by atoms with Gasteiger partial charge in [0.05, 0.1) is 22.4 Å². The summed E-state index contributed by atoms with van der Waals surface area (Å²) in [7, 11) is 0. The van der Waals surface area contributed by atoms with Crippen LogP contribution in [0, 0.1) is 0 Å². The molecule has 264 valence electrons. The minimum Gasteiger partial charge on any atom is -0.309 e. The maximum absolute atomic E-state index is 2.50. The molecule has 0 saturated carbocycles. The van der Waals surface area contributed by atoms with E-state index in [1.165, 1.54) is 38.5 Å². The number of anilines is 3. The van der Waals surface area contributed by atoms with Gasteiger partial charge in [0.2, 0.25) is 0 Å². The number of benzene rings is 9. The largest absolute Gasteiger partial charge is 0.309 e. The van der Waals surface area contributed by atoms with Crippen molar-refractivity contribution in [2.24, 2.45) is 0 Å². The van der Waals surface area contributed by atoms with Gasteiger partial charge in [-0.05, 0) is 75.8 Å². The van der Waals surface area contributed by atoms with Crippen molar-refractivity contribution >= 4 is 38.9 Å². The van der Waals surface area contributed by atoms with Gasteiger partial charge in [-0.2, -0.15) is 0 Å². The number of para-hydroxylation sites is 3. The summed E-state index contributed by atoms with van der Waals surface area (Å²) in [4.78, 5) is 2.50. The average Bonchev–Trinajstić information content (AvgIpc) is 3.63. The Balaban J connectivity index is 1.28. The van der Waals surface area contributed by atoms with Crippen LogP contribution in [-0.4, -0.2) is 4.57 Å². The molecule has 1 heterocycles. The van der Waals surface area contributed by atoms with E-state index in [4.69, 9.17) is 0 Å². The van der Waals surface area contributed by atoms with E-state index < -0.39 is 0 Å². The monoisotopic (exact) mass is 714 g/mol. The highest BCUT2D eigenvalue weighted by atomic mass is 15.2. The molecule has 2 nitrogen and oxygen atoms in total. The van der Waals surface area contributed by atoms with Crippen molar-refractivity contribution < 1.29 is 0 Å². The predicted octanol–water partition coefficient (Wildman–Crippen LogP) is 14.9. The molecule has 0 bridgehead atoms. The highest BCUT2D eigenvalue weighted by Crippen LogP contribution is 2.50. The summed E-state index contributed by atoms with van der Waals surface area (Å²) >= 11 is 0. The van der Waals surface area contributed by atoms with E-state index in [0.29, 0.717) is 0 Å². The molecule has 0 unspecified atom stereocenters. The van der Waals surface area contributed by atoms with Gasteiger partial charge in [0, 0.05) is 33.3 Å². The van der Waals surface area contributed by atoms with Gasteiger partial charge < -0.3 is 9.47 Å². The standard InChI is InChI=1S/C54H38N2/c1-5-17-39(18-6-1)41-31-33-44(34-32-41)48-27-15-26-47(43-21-9-3-10-22-43)54(48)56(46-37-35-42(36-38-46)40-19-7-2-8-20-40)52-30-16-29-51-53(52)49-25-13-14-28-50(49)55(51)45-23-11-4-12-24-45/h1-38H. The van der Waals surface area contributed by atoms with E-state index in [0.717, 1.165) is 50.5 Å². The molecule has 0 spiro atoms. The summed E-state index contributed by atoms with van der Waals surface area (Å²) in [5, 5.41) is 2.41. The molecule has 0 fully saturated rings. The fourth-order valence-corrected chi connectivity index (χ4v) is 8.21. The molecule has 56 heavy (non-hydrogen) atoms. The Morgan fingerprint density at radius 2 is 0.732 bits per heavy atom. The maximum atomic E-state index is 2.50. The quantitative estimate of drug-likeness (QED) is 0.152. The van der Waals surface area contributed by atoms with Gasteiger partial charge in [-0.25, -0.2) is 0 Å². The molecule has 0 saturated heterocycles. The second kappa shape index (κ2) is 14.4. The summed E-state index contributed by atoms with van der Waals surface area (Å²) in [6.45, 7) is 0. The lowest BCUT2D eigenvalue weighted by atomic mass is 9.92. The van der Waals surface area contributed by atoms with Gasteiger partial charge in [0.15, 0.2) is 0 Å². The SMILES string of the molecule is c1ccc(-c2ccc(-c3cccc(-c4ccccc4)c3N(c3ccc(-c4ccccc4)cc3)c3cccc4c3c3ccccc3n4-c3ccccc3)cc2)cc1. The molecule has 0 atom stereocenters. The van der Waals surface area contributed by atoms with Gasteiger partial charge in [-0.15, -0.1) is 0 Å². The van der Waals surface area contributed by atoms with Gasteiger partial charge in [-0.1, -0.05) is 188 Å². The Morgan fingerprint density at radius 1 is 0.304 bits per heavy atom. The van der Waals surface area contributed by atoms with Crippen LogP contribution in [0.15, 0.2) is 231 Å². The van der Waals surface area contributed by atoms with Crippen LogP contribution in [0.5, 0.6) is 0 Å². The Labute approximate surface area is 327 Å². The molecule has 0 aliphatic rings. The zero-order valence-corrected chi connectivity index (χ0v) is 30.8. The number of hydrogen-bond donors (Lipinski definition) is 0. The highest BCUT2D eigenvalue weighted by molar-refractivity contribution is 6.17. The van der Waals surface area contributed by atoms with Crippen LogP contribution in [0.4, 0.5) is 17.1 Å². The minimum absolute atomic E-state index is 1.08. The van der Waals surface area contributed by atoms with Crippen molar-refractivity contribution in [2.75, 3.05) is 4.90 Å². The molecule has 9 aromatic carbocycles. The van der Waals surface area contributed by atoms with Crippen molar-refractivity contribution in [2.45, 2.75) is 0 Å².